The zero-order valence-corrected chi connectivity index (χ0v) is 32.9. The summed E-state index contributed by atoms with van der Waals surface area (Å²) in [7, 11) is 0. The third kappa shape index (κ3) is 6.40. The molecular formula is C57H35N3O2. The normalized spacial score (nSPS) is 12.9. The Kier molecular flexibility index (Phi) is 7.05. The van der Waals surface area contributed by atoms with Crippen molar-refractivity contribution in [2.24, 2.45) is 0 Å². The van der Waals surface area contributed by atoms with E-state index in [0.29, 0.717) is 22.3 Å². The standard InChI is InChI=1S/C57H35N3O2/c1-4-12-36(13-5-1)39-20-22-40(23-21-39)41-25-28-53-49(33-41)48-27-24-43(35-54(48)62-53)56-58-55(42-26-29-52-50(34-42)47-18-10-11-19-51(47)61-52)59-57(60-56)46-31-44(37-14-6-2-7-15-37)30-45(32-46)38-16-8-3-9-17-38/h1-35H/i24D,25D,27D,28D,33D,35D. The van der Waals surface area contributed by atoms with E-state index in [9.17, 15) is 5.48 Å². The summed E-state index contributed by atoms with van der Waals surface area (Å²) < 4.78 is 68.9. The summed E-state index contributed by atoms with van der Waals surface area (Å²) in [6.07, 6.45) is 0. The summed E-state index contributed by atoms with van der Waals surface area (Å²) in [6, 6.07) is 55.3. The maximum absolute atomic E-state index is 9.71. The Bertz CT molecular complexity index is 3910. The first-order chi connectivity index (χ1) is 33.2. The fourth-order valence-electron chi connectivity index (χ4n) is 8.07. The van der Waals surface area contributed by atoms with Crippen LogP contribution in [-0.4, -0.2) is 15.0 Å². The number of aromatic nitrogens is 3. The van der Waals surface area contributed by atoms with Crippen molar-refractivity contribution in [3.63, 3.8) is 0 Å². The van der Waals surface area contributed by atoms with Crippen LogP contribution in [0.5, 0.6) is 0 Å². The van der Waals surface area contributed by atoms with E-state index in [1.54, 1.807) is 0 Å². The molecule has 0 N–H and O–H groups in total. The minimum absolute atomic E-state index is 0.0306. The summed E-state index contributed by atoms with van der Waals surface area (Å²) in [6.45, 7) is 0. The first-order valence-corrected chi connectivity index (χ1v) is 20.3. The smallest absolute Gasteiger partial charge is 0.164 e. The summed E-state index contributed by atoms with van der Waals surface area (Å²) in [4.78, 5) is 15.1. The zero-order chi connectivity index (χ0) is 46.2. The quantitative estimate of drug-likeness (QED) is 0.161. The van der Waals surface area contributed by atoms with Crippen molar-refractivity contribution in [3.8, 4) is 78.7 Å². The van der Waals surface area contributed by atoms with Crippen LogP contribution in [0.1, 0.15) is 8.22 Å². The van der Waals surface area contributed by atoms with Crippen LogP contribution in [0.4, 0.5) is 0 Å². The fourth-order valence-corrected chi connectivity index (χ4v) is 8.07. The Morgan fingerprint density at radius 1 is 0.274 bits per heavy atom. The third-order valence-electron chi connectivity index (χ3n) is 11.2. The average Bonchev–Trinajstić information content (AvgIpc) is 3.98. The minimum Gasteiger partial charge on any atom is -0.456 e. The second kappa shape index (κ2) is 14.7. The van der Waals surface area contributed by atoms with Crippen LogP contribution in [0, 0.1) is 0 Å². The number of furan rings is 2. The number of hydrogen-bond donors (Lipinski definition) is 0. The van der Waals surface area contributed by atoms with Gasteiger partial charge in [0.2, 0.25) is 0 Å². The topological polar surface area (TPSA) is 65.0 Å². The van der Waals surface area contributed by atoms with E-state index in [1.807, 2.05) is 170 Å². The maximum Gasteiger partial charge on any atom is 0.164 e. The molecule has 0 spiro atoms. The van der Waals surface area contributed by atoms with Crippen LogP contribution >= 0.6 is 0 Å². The molecule has 0 aliphatic carbocycles. The van der Waals surface area contributed by atoms with Gasteiger partial charge >= 0.3 is 0 Å². The van der Waals surface area contributed by atoms with Gasteiger partial charge in [0, 0.05) is 38.2 Å². The number of hydrogen-bond acceptors (Lipinski definition) is 5. The summed E-state index contributed by atoms with van der Waals surface area (Å²) in [5, 5.41) is 1.90. The summed E-state index contributed by atoms with van der Waals surface area (Å²) in [5.41, 5.74) is 8.94. The van der Waals surface area contributed by atoms with E-state index in [2.05, 4.69) is 6.07 Å². The van der Waals surface area contributed by atoms with E-state index in [-0.39, 0.29) is 86.8 Å². The number of nitrogens with zero attached hydrogens (tertiary/aromatic N) is 3. The van der Waals surface area contributed by atoms with Crippen LogP contribution in [0.3, 0.4) is 0 Å². The van der Waals surface area contributed by atoms with Crippen molar-refractivity contribution in [3.05, 3.63) is 212 Å². The monoisotopic (exact) mass is 799 g/mol. The van der Waals surface area contributed by atoms with Crippen molar-refractivity contribution in [1.29, 1.82) is 0 Å². The van der Waals surface area contributed by atoms with Gasteiger partial charge in [0.1, 0.15) is 22.3 Å². The van der Waals surface area contributed by atoms with Gasteiger partial charge in [-0.25, -0.2) is 15.0 Å². The Hall–Kier alpha value is -8.41. The molecule has 62 heavy (non-hydrogen) atoms. The SMILES string of the molecule is [2H]c1c(-c2ccc(-c3ccccc3)cc2)c([2H])c2c(oc3c([2H])c(-c4nc(-c5cc(-c6ccccc6)cc(-c6ccccc6)c5)nc(-c5ccc6oc7ccccc7c6c5)n4)c([2H])c([2H])c32)c1[2H]. The lowest BCUT2D eigenvalue weighted by molar-refractivity contribution is 0.668. The summed E-state index contributed by atoms with van der Waals surface area (Å²) in [5.74, 6) is 0.509. The van der Waals surface area contributed by atoms with Gasteiger partial charge in [-0.1, -0.05) is 146 Å². The molecule has 5 heteroatoms. The van der Waals surface area contributed by atoms with E-state index in [1.165, 1.54) is 0 Å². The van der Waals surface area contributed by atoms with Crippen LogP contribution in [-0.2, 0) is 0 Å². The van der Waals surface area contributed by atoms with Crippen molar-refractivity contribution >= 4 is 43.9 Å². The fraction of sp³-hybridized carbons (Fsp3) is 0. The van der Waals surface area contributed by atoms with Gasteiger partial charge in [-0.15, -0.1) is 0 Å². The lowest BCUT2D eigenvalue weighted by Crippen LogP contribution is -2.00. The average molecular weight is 800 g/mol. The molecule has 0 saturated carbocycles. The highest BCUT2D eigenvalue weighted by Gasteiger charge is 2.18. The molecule has 0 unspecified atom stereocenters. The van der Waals surface area contributed by atoms with Crippen LogP contribution in [0.2, 0.25) is 0 Å². The van der Waals surface area contributed by atoms with Crippen LogP contribution < -0.4 is 0 Å². The lowest BCUT2D eigenvalue weighted by atomic mass is 9.96. The van der Waals surface area contributed by atoms with Gasteiger partial charge in [0.25, 0.3) is 0 Å². The Labute approximate surface area is 365 Å². The number of para-hydroxylation sites is 1. The van der Waals surface area contributed by atoms with E-state index in [4.69, 9.17) is 26.5 Å². The molecule has 0 amide bonds. The molecule has 3 heterocycles. The molecular weight excluding hydrogens is 759 g/mol. The second-order valence-corrected chi connectivity index (χ2v) is 15.1. The molecule has 0 aliphatic rings. The molecule has 290 valence electrons. The highest BCUT2D eigenvalue weighted by atomic mass is 16.3. The zero-order valence-electron chi connectivity index (χ0n) is 38.9. The summed E-state index contributed by atoms with van der Waals surface area (Å²) >= 11 is 0. The first-order valence-electron chi connectivity index (χ1n) is 23.3. The highest BCUT2D eigenvalue weighted by Crippen LogP contribution is 2.38. The van der Waals surface area contributed by atoms with Crippen molar-refractivity contribution in [2.75, 3.05) is 0 Å². The lowest BCUT2D eigenvalue weighted by Gasteiger charge is -2.12. The number of fused-ring (bicyclic) bond motifs is 6. The molecule has 12 rings (SSSR count). The Balaban J connectivity index is 1.08. The number of benzene rings is 9. The van der Waals surface area contributed by atoms with Gasteiger partial charge < -0.3 is 8.83 Å². The molecule has 12 aromatic rings. The molecule has 0 aliphatic heterocycles. The molecule has 0 fully saturated rings. The van der Waals surface area contributed by atoms with Crippen LogP contribution in [0.15, 0.2) is 221 Å². The van der Waals surface area contributed by atoms with Crippen molar-refractivity contribution < 1.29 is 17.1 Å². The van der Waals surface area contributed by atoms with Gasteiger partial charge in [-0.2, -0.15) is 0 Å². The Morgan fingerprint density at radius 2 is 0.758 bits per heavy atom. The number of rotatable bonds is 7. The van der Waals surface area contributed by atoms with Gasteiger partial charge in [0.05, 0.1) is 8.22 Å². The molecule has 0 saturated heterocycles. The minimum atomic E-state index is -0.359. The first kappa shape index (κ1) is 29.7. The predicted octanol–water partition coefficient (Wildman–Crippen LogP) is 15.3. The maximum atomic E-state index is 9.71. The van der Waals surface area contributed by atoms with E-state index in [0.717, 1.165) is 49.7 Å². The van der Waals surface area contributed by atoms with Gasteiger partial charge in [0.15, 0.2) is 17.5 Å². The molecule has 5 nitrogen and oxygen atoms in total. The van der Waals surface area contributed by atoms with Crippen LogP contribution in [0.25, 0.3) is 123 Å². The molecule has 0 radical (unpaired) electrons. The van der Waals surface area contributed by atoms with E-state index < -0.39 is 0 Å². The highest BCUT2D eigenvalue weighted by molar-refractivity contribution is 6.08. The Morgan fingerprint density at radius 3 is 1.44 bits per heavy atom. The molecule has 0 atom stereocenters. The third-order valence-corrected chi connectivity index (χ3v) is 11.2. The second-order valence-electron chi connectivity index (χ2n) is 15.1. The van der Waals surface area contributed by atoms with Gasteiger partial charge in [-0.3, -0.25) is 0 Å². The van der Waals surface area contributed by atoms with Gasteiger partial charge in [-0.05, 0) is 111 Å². The predicted molar refractivity (Wildman–Crippen MR) is 252 cm³/mol. The van der Waals surface area contributed by atoms with Crippen molar-refractivity contribution in [1.82, 2.24) is 15.0 Å². The molecule has 9 aromatic carbocycles. The molecule has 0 bridgehead atoms. The largest absolute Gasteiger partial charge is 0.456 e. The van der Waals surface area contributed by atoms with Crippen molar-refractivity contribution in [2.45, 2.75) is 0 Å². The molecule has 3 aromatic heterocycles. The van der Waals surface area contributed by atoms with E-state index >= 15 is 0 Å².